The topological polar surface area (TPSA) is 26.3 Å². The van der Waals surface area contributed by atoms with E-state index in [1.54, 1.807) is 12.1 Å². The minimum atomic E-state index is -4.38. The summed E-state index contributed by atoms with van der Waals surface area (Å²) in [4.78, 5) is 11.2. The molecule has 170 valence electrons. The lowest BCUT2D eigenvalue weighted by Crippen LogP contribution is -2.10. The number of benzene rings is 3. The standard InChI is InChI=1S/C16H14ClF3O.C9H9ClO/c17-10-9-15(12-5-2-1-3-6-12)21-14-8-4-7-13(11-14)16(18,19)20;10-7-6-9(11)8-4-2-1-3-5-8/h1-8,11,15H,9-10H2;1-5H,6-7H2. The summed E-state index contributed by atoms with van der Waals surface area (Å²) in [5.41, 5.74) is 0.904. The maximum Gasteiger partial charge on any atom is 0.416 e. The molecule has 0 amide bonds. The summed E-state index contributed by atoms with van der Waals surface area (Å²) in [5, 5.41) is 0. The summed E-state index contributed by atoms with van der Waals surface area (Å²) in [6.45, 7) is 0. The van der Waals surface area contributed by atoms with Crippen LogP contribution in [0.3, 0.4) is 0 Å². The Hall–Kier alpha value is -2.50. The van der Waals surface area contributed by atoms with Crippen LogP contribution in [0.1, 0.15) is 40.4 Å². The van der Waals surface area contributed by atoms with Crippen LogP contribution in [0.15, 0.2) is 84.9 Å². The van der Waals surface area contributed by atoms with E-state index in [1.165, 1.54) is 12.1 Å². The molecule has 0 aliphatic heterocycles. The molecule has 2 nitrogen and oxygen atoms in total. The fraction of sp³-hybridized carbons (Fsp3) is 0.240. The third kappa shape index (κ3) is 8.56. The van der Waals surface area contributed by atoms with Crippen molar-refractivity contribution in [2.24, 2.45) is 0 Å². The number of alkyl halides is 5. The van der Waals surface area contributed by atoms with Crippen molar-refractivity contribution in [1.82, 2.24) is 0 Å². The van der Waals surface area contributed by atoms with Crippen molar-refractivity contribution in [3.05, 3.63) is 102 Å². The maximum atomic E-state index is 12.7. The highest BCUT2D eigenvalue weighted by Gasteiger charge is 2.30. The van der Waals surface area contributed by atoms with Crippen LogP contribution in [0, 0.1) is 0 Å². The Labute approximate surface area is 195 Å². The number of hydrogen-bond acceptors (Lipinski definition) is 2. The van der Waals surface area contributed by atoms with Crippen LogP contribution in [0.25, 0.3) is 0 Å². The van der Waals surface area contributed by atoms with E-state index in [9.17, 15) is 18.0 Å². The fourth-order valence-electron chi connectivity index (χ4n) is 2.82. The third-order valence-corrected chi connectivity index (χ3v) is 4.81. The van der Waals surface area contributed by atoms with E-state index >= 15 is 0 Å². The second-order valence-electron chi connectivity index (χ2n) is 6.75. The van der Waals surface area contributed by atoms with Gasteiger partial charge >= 0.3 is 6.18 Å². The van der Waals surface area contributed by atoms with Gasteiger partial charge in [0, 0.05) is 30.2 Å². The van der Waals surface area contributed by atoms with E-state index in [0.29, 0.717) is 24.6 Å². The molecular weight excluding hydrogens is 460 g/mol. The van der Waals surface area contributed by atoms with Crippen molar-refractivity contribution >= 4 is 29.0 Å². The molecule has 0 aliphatic rings. The number of carbonyl (C=O) groups is 1. The molecule has 0 saturated heterocycles. The first-order valence-corrected chi connectivity index (χ1v) is 11.0. The van der Waals surface area contributed by atoms with E-state index in [1.807, 2.05) is 48.5 Å². The lowest BCUT2D eigenvalue weighted by Gasteiger charge is -2.19. The molecule has 3 rings (SSSR count). The molecule has 3 aromatic rings. The van der Waals surface area contributed by atoms with Crippen LogP contribution in [-0.4, -0.2) is 17.5 Å². The lowest BCUT2D eigenvalue weighted by atomic mass is 10.1. The van der Waals surface area contributed by atoms with Crippen molar-refractivity contribution in [3.63, 3.8) is 0 Å². The summed E-state index contributed by atoms with van der Waals surface area (Å²) >= 11 is 11.2. The van der Waals surface area contributed by atoms with Crippen molar-refractivity contribution in [3.8, 4) is 5.75 Å². The largest absolute Gasteiger partial charge is 0.486 e. The SMILES string of the molecule is FC(F)(F)c1cccc(OC(CCCl)c2ccccc2)c1.O=C(CCCl)c1ccccc1. The Morgan fingerprint density at radius 3 is 2.03 bits per heavy atom. The quantitative estimate of drug-likeness (QED) is 0.240. The fourth-order valence-corrected chi connectivity index (χ4v) is 3.19. The molecule has 0 fully saturated rings. The summed E-state index contributed by atoms with van der Waals surface area (Å²) < 4.78 is 43.8. The van der Waals surface area contributed by atoms with Gasteiger partial charge in [-0.05, 0) is 23.8 Å². The molecule has 0 N–H and O–H groups in total. The second-order valence-corrected chi connectivity index (χ2v) is 7.50. The van der Waals surface area contributed by atoms with Crippen LogP contribution in [0.4, 0.5) is 13.2 Å². The minimum absolute atomic E-state index is 0.112. The second kappa shape index (κ2) is 13.1. The Balaban J connectivity index is 0.000000278. The van der Waals surface area contributed by atoms with Gasteiger partial charge < -0.3 is 4.74 Å². The lowest BCUT2D eigenvalue weighted by molar-refractivity contribution is -0.137. The minimum Gasteiger partial charge on any atom is -0.486 e. The number of ether oxygens (including phenoxy) is 1. The van der Waals surface area contributed by atoms with Crippen LogP contribution in [-0.2, 0) is 6.18 Å². The van der Waals surface area contributed by atoms with E-state index in [0.717, 1.165) is 23.3 Å². The summed E-state index contributed by atoms with van der Waals surface area (Å²) in [6.07, 6.45) is -3.81. The molecular formula is C25H23Cl2F3O2. The third-order valence-electron chi connectivity index (χ3n) is 4.40. The monoisotopic (exact) mass is 482 g/mol. The predicted molar refractivity (Wildman–Crippen MR) is 123 cm³/mol. The molecule has 0 aromatic heterocycles. The summed E-state index contributed by atoms with van der Waals surface area (Å²) in [6, 6.07) is 23.4. The summed E-state index contributed by atoms with van der Waals surface area (Å²) in [5.74, 6) is 1.05. The van der Waals surface area contributed by atoms with Gasteiger partial charge in [-0.2, -0.15) is 13.2 Å². The average Bonchev–Trinajstić information content (AvgIpc) is 2.80. The normalized spacial score (nSPS) is 11.8. The van der Waals surface area contributed by atoms with Gasteiger partial charge in [-0.1, -0.05) is 66.7 Å². The van der Waals surface area contributed by atoms with Crippen molar-refractivity contribution in [2.75, 3.05) is 11.8 Å². The van der Waals surface area contributed by atoms with Gasteiger partial charge in [0.25, 0.3) is 0 Å². The predicted octanol–water partition coefficient (Wildman–Crippen LogP) is 7.95. The first-order valence-electron chi connectivity index (χ1n) is 9.94. The zero-order valence-corrected chi connectivity index (χ0v) is 18.7. The van der Waals surface area contributed by atoms with E-state index < -0.39 is 11.7 Å². The maximum absolute atomic E-state index is 12.7. The van der Waals surface area contributed by atoms with Crippen LogP contribution < -0.4 is 4.74 Å². The highest BCUT2D eigenvalue weighted by atomic mass is 35.5. The van der Waals surface area contributed by atoms with Gasteiger partial charge in [0.1, 0.15) is 11.9 Å². The Morgan fingerprint density at radius 1 is 0.844 bits per heavy atom. The van der Waals surface area contributed by atoms with Crippen LogP contribution in [0.5, 0.6) is 5.75 Å². The molecule has 0 aliphatic carbocycles. The average molecular weight is 483 g/mol. The van der Waals surface area contributed by atoms with Crippen molar-refractivity contribution in [1.29, 1.82) is 0 Å². The van der Waals surface area contributed by atoms with Crippen LogP contribution >= 0.6 is 23.2 Å². The van der Waals surface area contributed by atoms with Crippen molar-refractivity contribution < 1.29 is 22.7 Å². The molecule has 1 unspecified atom stereocenters. The highest BCUT2D eigenvalue weighted by molar-refractivity contribution is 6.19. The van der Waals surface area contributed by atoms with Crippen LogP contribution in [0.2, 0.25) is 0 Å². The first kappa shape index (κ1) is 25.8. The van der Waals surface area contributed by atoms with Gasteiger partial charge in [-0.3, -0.25) is 4.79 Å². The molecule has 0 radical (unpaired) electrons. The summed E-state index contributed by atoms with van der Waals surface area (Å²) in [7, 11) is 0. The highest BCUT2D eigenvalue weighted by Crippen LogP contribution is 2.33. The Kier molecular flexibility index (Phi) is 10.6. The number of Topliss-reactive ketones (excluding diaryl/α,β-unsaturated/α-hetero) is 1. The van der Waals surface area contributed by atoms with Gasteiger partial charge in [0.15, 0.2) is 5.78 Å². The molecule has 0 spiro atoms. The molecule has 3 aromatic carbocycles. The molecule has 1 atom stereocenters. The Morgan fingerprint density at radius 2 is 1.47 bits per heavy atom. The zero-order valence-electron chi connectivity index (χ0n) is 17.2. The number of carbonyl (C=O) groups excluding carboxylic acids is 1. The van der Waals surface area contributed by atoms with Crippen molar-refractivity contribution in [2.45, 2.75) is 25.1 Å². The first-order chi connectivity index (χ1) is 15.3. The molecule has 7 heteroatoms. The van der Waals surface area contributed by atoms with Gasteiger partial charge in [0.2, 0.25) is 0 Å². The number of halogens is 5. The molecule has 0 bridgehead atoms. The van der Waals surface area contributed by atoms with E-state index in [-0.39, 0.29) is 17.6 Å². The molecule has 32 heavy (non-hydrogen) atoms. The zero-order chi connectivity index (χ0) is 23.4. The Bertz CT molecular complexity index is 948. The number of ketones is 1. The van der Waals surface area contributed by atoms with Gasteiger partial charge in [-0.25, -0.2) is 0 Å². The molecule has 0 saturated carbocycles. The number of rotatable bonds is 8. The van der Waals surface area contributed by atoms with Gasteiger partial charge in [-0.15, -0.1) is 23.2 Å². The molecule has 0 heterocycles. The smallest absolute Gasteiger partial charge is 0.416 e. The van der Waals surface area contributed by atoms with E-state index in [2.05, 4.69) is 0 Å². The number of hydrogen-bond donors (Lipinski definition) is 0. The van der Waals surface area contributed by atoms with E-state index in [4.69, 9.17) is 27.9 Å². The van der Waals surface area contributed by atoms with Gasteiger partial charge in [0.05, 0.1) is 5.56 Å².